The first kappa shape index (κ1) is 25.9. The van der Waals surface area contributed by atoms with Gasteiger partial charge in [0.2, 0.25) is 10.0 Å². The first-order valence-electron chi connectivity index (χ1n) is 9.70. The highest BCUT2D eigenvalue weighted by Crippen LogP contribution is 2.30. The number of benzene rings is 2. The number of nitrogens with one attached hydrogen (secondary N) is 1. The molecule has 3 rings (SSSR count). The molecule has 0 atom stereocenters. The van der Waals surface area contributed by atoms with E-state index in [-0.39, 0.29) is 38.4 Å². The van der Waals surface area contributed by atoms with Gasteiger partial charge in [-0.15, -0.1) is 0 Å². The van der Waals surface area contributed by atoms with Crippen LogP contribution in [-0.2, 0) is 19.6 Å². The summed E-state index contributed by atoms with van der Waals surface area (Å²) in [5.41, 5.74) is -0.732. The molecule has 8 nitrogen and oxygen atoms in total. The quantitative estimate of drug-likeness (QED) is 0.342. The molecule has 14 heteroatoms. The summed E-state index contributed by atoms with van der Waals surface area (Å²) < 4.78 is 71.9. The number of anilines is 1. The Morgan fingerprint density at radius 1 is 1.15 bits per heavy atom. The van der Waals surface area contributed by atoms with Gasteiger partial charge in [-0.05, 0) is 24.3 Å². The zero-order valence-corrected chi connectivity index (χ0v) is 20.1. The van der Waals surface area contributed by atoms with E-state index in [0.717, 1.165) is 12.1 Å². The van der Waals surface area contributed by atoms with Crippen LogP contribution >= 0.6 is 22.9 Å². The smallest absolute Gasteiger partial charge is 0.340 e. The van der Waals surface area contributed by atoms with Crippen molar-refractivity contribution in [3.8, 4) is 0 Å². The Hall–Kier alpha value is -2.74. The molecule has 2 aromatic carbocycles. The molecule has 0 fully saturated rings. The van der Waals surface area contributed by atoms with E-state index < -0.39 is 51.5 Å². The Bertz CT molecular complexity index is 1380. The highest BCUT2D eigenvalue weighted by Gasteiger charge is 2.25. The SMILES string of the molecule is CCN(CC)S(=O)(=O)c1ccc(Cl)c(C(=O)OCC(=O)Nc2nc3c(F)c(F)c(F)cc3s2)c1. The number of carbonyl (C=O) groups is 2. The van der Waals surface area contributed by atoms with Crippen LogP contribution in [0.1, 0.15) is 24.2 Å². The number of sulfonamides is 1. The molecule has 0 aliphatic carbocycles. The van der Waals surface area contributed by atoms with E-state index in [1.54, 1.807) is 13.8 Å². The van der Waals surface area contributed by atoms with Gasteiger partial charge in [-0.2, -0.15) is 4.31 Å². The molecule has 0 radical (unpaired) electrons. The lowest BCUT2D eigenvalue weighted by atomic mass is 10.2. The fraction of sp³-hybridized carbons (Fsp3) is 0.250. The number of halogens is 4. The molecule has 0 unspecified atom stereocenters. The topological polar surface area (TPSA) is 106 Å². The van der Waals surface area contributed by atoms with Gasteiger partial charge in [0.05, 0.1) is 20.2 Å². The first-order valence-corrected chi connectivity index (χ1v) is 12.3. The van der Waals surface area contributed by atoms with E-state index >= 15 is 0 Å². The number of carbonyl (C=O) groups excluding carboxylic acids is 2. The Morgan fingerprint density at radius 2 is 1.82 bits per heavy atom. The minimum absolute atomic E-state index is 0.0401. The maximum absolute atomic E-state index is 13.8. The van der Waals surface area contributed by atoms with Crippen LogP contribution in [0, 0.1) is 17.5 Å². The van der Waals surface area contributed by atoms with E-state index in [0.29, 0.717) is 11.3 Å². The number of esters is 1. The number of fused-ring (bicyclic) bond motifs is 1. The molecule has 1 aromatic heterocycles. The lowest BCUT2D eigenvalue weighted by Gasteiger charge is -2.19. The molecule has 0 aliphatic rings. The molecule has 34 heavy (non-hydrogen) atoms. The second-order valence-electron chi connectivity index (χ2n) is 6.71. The lowest BCUT2D eigenvalue weighted by Crippen LogP contribution is -2.30. The fourth-order valence-electron chi connectivity index (χ4n) is 2.93. The molecule has 1 amide bonds. The average Bonchev–Trinajstić information content (AvgIpc) is 3.18. The van der Waals surface area contributed by atoms with Gasteiger partial charge in [-0.3, -0.25) is 10.1 Å². The number of hydrogen-bond donors (Lipinski definition) is 1. The predicted octanol–water partition coefficient (Wildman–Crippen LogP) is 4.19. The van der Waals surface area contributed by atoms with Crippen LogP contribution in [0.2, 0.25) is 5.02 Å². The summed E-state index contributed by atoms with van der Waals surface area (Å²) in [6.07, 6.45) is 0. The van der Waals surface area contributed by atoms with Gasteiger partial charge < -0.3 is 4.74 Å². The summed E-state index contributed by atoms with van der Waals surface area (Å²) in [5, 5.41) is 1.96. The van der Waals surface area contributed by atoms with Gasteiger partial charge in [-0.1, -0.05) is 36.8 Å². The average molecular weight is 536 g/mol. The van der Waals surface area contributed by atoms with Crippen LogP contribution in [0.4, 0.5) is 18.3 Å². The normalized spacial score (nSPS) is 11.7. The van der Waals surface area contributed by atoms with E-state index in [9.17, 15) is 31.2 Å². The summed E-state index contributed by atoms with van der Waals surface area (Å²) in [6.45, 7) is 2.95. The number of rotatable bonds is 8. The second-order valence-corrected chi connectivity index (χ2v) is 10.1. The Kier molecular flexibility index (Phi) is 7.81. The minimum atomic E-state index is -3.87. The molecular formula is C20H17ClF3N3O5S2. The molecule has 0 saturated carbocycles. The summed E-state index contributed by atoms with van der Waals surface area (Å²) in [7, 11) is -3.87. The fourth-order valence-corrected chi connectivity index (χ4v) is 5.51. The van der Waals surface area contributed by atoms with Crippen molar-refractivity contribution in [2.24, 2.45) is 0 Å². The van der Waals surface area contributed by atoms with Crippen LogP contribution in [-0.4, -0.2) is 49.3 Å². The zero-order chi connectivity index (χ0) is 25.2. The van der Waals surface area contributed by atoms with Crippen LogP contribution in [0.5, 0.6) is 0 Å². The number of aromatic nitrogens is 1. The van der Waals surface area contributed by atoms with Gasteiger partial charge in [0.1, 0.15) is 5.52 Å². The predicted molar refractivity (Wildman–Crippen MR) is 120 cm³/mol. The third-order valence-electron chi connectivity index (χ3n) is 4.60. The third kappa shape index (κ3) is 5.17. The monoisotopic (exact) mass is 535 g/mol. The number of thiazole rings is 1. The summed E-state index contributed by atoms with van der Waals surface area (Å²) in [4.78, 5) is 28.1. The van der Waals surface area contributed by atoms with Crippen molar-refractivity contribution in [2.75, 3.05) is 25.0 Å². The van der Waals surface area contributed by atoms with E-state index in [4.69, 9.17) is 16.3 Å². The molecule has 182 valence electrons. The van der Waals surface area contributed by atoms with E-state index in [1.165, 1.54) is 16.4 Å². The van der Waals surface area contributed by atoms with Gasteiger partial charge >= 0.3 is 5.97 Å². The Labute approximate surface area is 201 Å². The molecule has 0 aliphatic heterocycles. The van der Waals surface area contributed by atoms with Crippen molar-refractivity contribution < 1.29 is 35.9 Å². The Balaban J connectivity index is 1.72. The Morgan fingerprint density at radius 3 is 2.47 bits per heavy atom. The van der Waals surface area contributed by atoms with Crippen molar-refractivity contribution in [2.45, 2.75) is 18.7 Å². The third-order valence-corrected chi connectivity index (χ3v) is 7.90. The molecule has 1 N–H and O–H groups in total. The standard InChI is InChI=1S/C20H17ClF3N3O5S2/c1-3-27(4-2)34(30,31)10-5-6-12(21)11(7-10)19(29)32-9-15(28)25-20-26-18-14(33-20)8-13(22)16(23)17(18)24/h5-8H,3-4,9H2,1-2H3,(H,25,26,28). The van der Waals surface area contributed by atoms with Crippen LogP contribution in [0.3, 0.4) is 0 Å². The molecule has 0 bridgehead atoms. The second kappa shape index (κ2) is 10.3. The minimum Gasteiger partial charge on any atom is -0.452 e. The summed E-state index contributed by atoms with van der Waals surface area (Å²) >= 11 is 6.69. The molecular weight excluding hydrogens is 519 g/mol. The summed E-state index contributed by atoms with van der Waals surface area (Å²) in [5.74, 6) is -6.52. The zero-order valence-electron chi connectivity index (χ0n) is 17.7. The van der Waals surface area contributed by atoms with Gasteiger partial charge in [0.25, 0.3) is 5.91 Å². The molecule has 0 saturated heterocycles. The number of hydrogen-bond acceptors (Lipinski definition) is 7. The van der Waals surface area contributed by atoms with Crippen molar-refractivity contribution in [3.05, 3.63) is 52.3 Å². The van der Waals surface area contributed by atoms with Gasteiger partial charge in [0, 0.05) is 13.1 Å². The summed E-state index contributed by atoms with van der Waals surface area (Å²) in [6, 6.07) is 4.26. The first-order chi connectivity index (χ1) is 16.0. The number of ether oxygens (including phenoxy) is 1. The largest absolute Gasteiger partial charge is 0.452 e. The highest BCUT2D eigenvalue weighted by molar-refractivity contribution is 7.89. The molecule has 3 aromatic rings. The van der Waals surface area contributed by atoms with Crippen LogP contribution in [0.25, 0.3) is 10.2 Å². The molecule has 1 heterocycles. The van der Waals surface area contributed by atoms with E-state index in [1.807, 2.05) is 0 Å². The maximum atomic E-state index is 13.8. The maximum Gasteiger partial charge on any atom is 0.340 e. The van der Waals surface area contributed by atoms with Crippen molar-refractivity contribution in [3.63, 3.8) is 0 Å². The number of amides is 1. The van der Waals surface area contributed by atoms with Gasteiger partial charge in [-0.25, -0.2) is 31.4 Å². The lowest BCUT2D eigenvalue weighted by molar-refractivity contribution is -0.119. The van der Waals surface area contributed by atoms with Crippen LogP contribution in [0.15, 0.2) is 29.2 Å². The van der Waals surface area contributed by atoms with Gasteiger partial charge in [0.15, 0.2) is 29.2 Å². The molecule has 0 spiro atoms. The van der Waals surface area contributed by atoms with Crippen molar-refractivity contribution >= 4 is 60.2 Å². The highest BCUT2D eigenvalue weighted by atomic mass is 35.5. The number of nitrogens with zero attached hydrogens (tertiary/aromatic N) is 2. The van der Waals surface area contributed by atoms with Crippen LogP contribution < -0.4 is 5.32 Å². The van der Waals surface area contributed by atoms with Crippen molar-refractivity contribution in [1.82, 2.24) is 9.29 Å². The van der Waals surface area contributed by atoms with E-state index in [2.05, 4.69) is 10.3 Å². The van der Waals surface area contributed by atoms with Crippen molar-refractivity contribution in [1.29, 1.82) is 0 Å².